The molecule has 1 aliphatic rings. The molecule has 1 aromatic carbocycles. The van der Waals surface area contributed by atoms with E-state index in [0.717, 1.165) is 7.11 Å². The smallest absolute Gasteiger partial charge is 0.329 e. The maximum atomic E-state index is 12.3. The van der Waals surface area contributed by atoms with Crippen molar-refractivity contribution >= 4 is 21.8 Å². The lowest BCUT2D eigenvalue weighted by atomic mass is 9.83. The Morgan fingerprint density at radius 2 is 2.00 bits per heavy atom. The number of hydrogen-bond donors (Lipinski definition) is 0. The highest BCUT2D eigenvalue weighted by molar-refractivity contribution is 7.91. The third-order valence-electron chi connectivity index (χ3n) is 3.60. The van der Waals surface area contributed by atoms with Crippen molar-refractivity contribution in [2.24, 2.45) is 5.41 Å². The molecule has 7 heteroatoms. The molecule has 2 rings (SSSR count). The van der Waals surface area contributed by atoms with Gasteiger partial charge in [0.05, 0.1) is 17.8 Å². The van der Waals surface area contributed by atoms with Crippen LogP contribution in [-0.2, 0) is 28.9 Å². The Balaban J connectivity index is 2.25. The molecular weight excluding hydrogens is 308 g/mol. The molecular formula is C15H16O6S. The molecule has 1 atom stereocenters. The molecule has 0 aliphatic carbocycles. The van der Waals surface area contributed by atoms with Crippen LogP contribution in [0.25, 0.3) is 0 Å². The molecule has 0 aromatic heterocycles. The average molecular weight is 324 g/mol. The second kappa shape index (κ2) is 5.92. The van der Waals surface area contributed by atoms with Crippen molar-refractivity contribution in [1.29, 1.82) is 0 Å². The van der Waals surface area contributed by atoms with Crippen LogP contribution >= 0.6 is 0 Å². The SMILES string of the molecule is C=C1CC(CCS(=O)(=O)c2ccccc2)(C(=O)OC)C(=O)O1. The fourth-order valence-electron chi connectivity index (χ4n) is 2.37. The molecule has 1 saturated heterocycles. The number of allylic oxidation sites excluding steroid dienone is 1. The summed E-state index contributed by atoms with van der Waals surface area (Å²) in [5, 5.41) is 0. The van der Waals surface area contributed by atoms with Gasteiger partial charge in [0.2, 0.25) is 0 Å². The van der Waals surface area contributed by atoms with Crippen LogP contribution in [0.3, 0.4) is 0 Å². The molecule has 1 fully saturated rings. The minimum Gasteiger partial charge on any atom is -0.468 e. The molecule has 6 nitrogen and oxygen atoms in total. The van der Waals surface area contributed by atoms with Crippen LogP contribution in [0.4, 0.5) is 0 Å². The van der Waals surface area contributed by atoms with Crippen molar-refractivity contribution in [3.05, 3.63) is 42.7 Å². The summed E-state index contributed by atoms with van der Waals surface area (Å²) >= 11 is 0. The van der Waals surface area contributed by atoms with E-state index in [-0.39, 0.29) is 29.2 Å². The predicted octanol–water partition coefficient (Wildman–Crippen LogP) is 1.47. The Morgan fingerprint density at radius 1 is 1.36 bits per heavy atom. The fourth-order valence-corrected chi connectivity index (χ4v) is 3.80. The Morgan fingerprint density at radius 3 is 2.50 bits per heavy atom. The first-order valence-electron chi connectivity index (χ1n) is 6.58. The highest BCUT2D eigenvalue weighted by Gasteiger charge is 2.54. The maximum Gasteiger partial charge on any atom is 0.329 e. The number of carbonyl (C=O) groups excluding carboxylic acids is 2. The van der Waals surface area contributed by atoms with Crippen molar-refractivity contribution in [3.8, 4) is 0 Å². The summed E-state index contributed by atoms with van der Waals surface area (Å²) in [4.78, 5) is 24.1. The zero-order valence-electron chi connectivity index (χ0n) is 12.1. The first-order chi connectivity index (χ1) is 10.3. The normalized spacial score (nSPS) is 21.5. The van der Waals surface area contributed by atoms with Crippen molar-refractivity contribution in [1.82, 2.24) is 0 Å². The quantitative estimate of drug-likeness (QED) is 0.602. The Hall–Kier alpha value is -2.15. The predicted molar refractivity (Wildman–Crippen MR) is 77.4 cm³/mol. The van der Waals surface area contributed by atoms with Crippen LogP contribution in [-0.4, -0.2) is 33.2 Å². The van der Waals surface area contributed by atoms with Crippen molar-refractivity contribution in [2.75, 3.05) is 12.9 Å². The third-order valence-corrected chi connectivity index (χ3v) is 5.33. The summed E-state index contributed by atoms with van der Waals surface area (Å²) in [5.41, 5.74) is -1.63. The second-order valence-electron chi connectivity index (χ2n) is 5.06. The van der Waals surface area contributed by atoms with Gasteiger partial charge in [-0.2, -0.15) is 0 Å². The molecule has 0 bridgehead atoms. The first kappa shape index (κ1) is 16.2. The number of methoxy groups -OCH3 is 1. The zero-order valence-corrected chi connectivity index (χ0v) is 12.9. The van der Waals surface area contributed by atoms with Gasteiger partial charge in [-0.1, -0.05) is 24.8 Å². The maximum absolute atomic E-state index is 12.3. The molecule has 1 unspecified atom stereocenters. The molecule has 1 heterocycles. The van der Waals surface area contributed by atoms with Gasteiger partial charge in [-0.25, -0.2) is 8.42 Å². The van der Waals surface area contributed by atoms with Crippen LogP contribution < -0.4 is 0 Å². The van der Waals surface area contributed by atoms with Gasteiger partial charge in [0, 0.05) is 6.42 Å². The van der Waals surface area contributed by atoms with Crippen molar-refractivity contribution < 1.29 is 27.5 Å². The lowest BCUT2D eigenvalue weighted by Gasteiger charge is -2.20. The molecule has 0 amide bonds. The van der Waals surface area contributed by atoms with Gasteiger partial charge in [-0.05, 0) is 18.6 Å². The van der Waals surface area contributed by atoms with Gasteiger partial charge in [0.25, 0.3) is 0 Å². The van der Waals surface area contributed by atoms with E-state index in [2.05, 4.69) is 11.3 Å². The van der Waals surface area contributed by atoms with E-state index in [1.165, 1.54) is 12.1 Å². The summed E-state index contributed by atoms with van der Waals surface area (Å²) in [7, 11) is -2.47. The van der Waals surface area contributed by atoms with Gasteiger partial charge in [0.15, 0.2) is 15.3 Å². The number of sulfone groups is 1. The molecule has 0 N–H and O–H groups in total. The van der Waals surface area contributed by atoms with E-state index < -0.39 is 27.2 Å². The highest BCUT2D eigenvalue weighted by Crippen LogP contribution is 2.40. The Kier molecular flexibility index (Phi) is 4.37. The number of ether oxygens (including phenoxy) is 2. The van der Waals surface area contributed by atoms with E-state index in [1.807, 2.05) is 0 Å². The third kappa shape index (κ3) is 2.89. The van der Waals surface area contributed by atoms with E-state index in [1.54, 1.807) is 18.2 Å². The van der Waals surface area contributed by atoms with Crippen LogP contribution in [0.5, 0.6) is 0 Å². The Labute approximate surface area is 128 Å². The number of esters is 2. The molecule has 0 spiro atoms. The van der Waals surface area contributed by atoms with Crippen LogP contribution in [0.1, 0.15) is 12.8 Å². The van der Waals surface area contributed by atoms with Gasteiger partial charge in [0.1, 0.15) is 5.76 Å². The summed E-state index contributed by atoms with van der Waals surface area (Å²) in [6.07, 6.45) is -0.280. The van der Waals surface area contributed by atoms with Gasteiger partial charge in [-0.3, -0.25) is 9.59 Å². The number of carbonyl (C=O) groups is 2. The van der Waals surface area contributed by atoms with E-state index in [0.29, 0.717) is 0 Å². The fraction of sp³-hybridized carbons (Fsp3) is 0.333. The largest absolute Gasteiger partial charge is 0.468 e. The van der Waals surface area contributed by atoms with Crippen molar-refractivity contribution in [2.45, 2.75) is 17.7 Å². The van der Waals surface area contributed by atoms with Gasteiger partial charge >= 0.3 is 11.9 Å². The molecule has 22 heavy (non-hydrogen) atoms. The summed E-state index contributed by atoms with van der Waals surface area (Å²) in [6, 6.07) is 7.84. The van der Waals surface area contributed by atoms with Crippen molar-refractivity contribution in [3.63, 3.8) is 0 Å². The van der Waals surface area contributed by atoms with Gasteiger partial charge in [-0.15, -0.1) is 0 Å². The average Bonchev–Trinajstić information content (AvgIpc) is 2.80. The minimum atomic E-state index is -3.61. The minimum absolute atomic E-state index is 0.0667. The monoisotopic (exact) mass is 324 g/mol. The first-order valence-corrected chi connectivity index (χ1v) is 8.23. The van der Waals surface area contributed by atoms with E-state index >= 15 is 0 Å². The molecule has 0 saturated carbocycles. The van der Waals surface area contributed by atoms with E-state index in [9.17, 15) is 18.0 Å². The lowest BCUT2D eigenvalue weighted by Crippen LogP contribution is -2.38. The van der Waals surface area contributed by atoms with Gasteiger partial charge < -0.3 is 9.47 Å². The highest BCUT2D eigenvalue weighted by atomic mass is 32.2. The zero-order chi connectivity index (χ0) is 16.4. The molecule has 118 valence electrons. The number of hydrogen-bond acceptors (Lipinski definition) is 6. The topological polar surface area (TPSA) is 86.7 Å². The summed E-state index contributed by atoms with van der Waals surface area (Å²) in [5.74, 6) is -1.85. The summed E-state index contributed by atoms with van der Waals surface area (Å²) in [6.45, 7) is 3.52. The van der Waals surface area contributed by atoms with Crippen LogP contribution in [0.15, 0.2) is 47.6 Å². The molecule has 1 aliphatic heterocycles. The summed E-state index contributed by atoms with van der Waals surface area (Å²) < 4.78 is 34.1. The standard InChI is InChI=1S/C15H16O6S/c1-11-10-15(13(16)20-2,14(17)21-11)8-9-22(18,19)12-6-4-3-5-7-12/h3-7H,1,8-10H2,2H3. The number of rotatable bonds is 5. The molecule has 0 radical (unpaired) electrons. The lowest BCUT2D eigenvalue weighted by molar-refractivity contribution is -0.162. The van der Waals surface area contributed by atoms with E-state index in [4.69, 9.17) is 4.74 Å². The Bertz CT molecular complexity index is 707. The van der Waals surface area contributed by atoms with Crippen LogP contribution in [0, 0.1) is 5.41 Å². The molecule has 1 aromatic rings. The number of cyclic esters (lactones) is 1. The number of benzene rings is 1. The second-order valence-corrected chi connectivity index (χ2v) is 7.17. The van der Waals surface area contributed by atoms with Crippen LogP contribution in [0.2, 0.25) is 0 Å².